The van der Waals surface area contributed by atoms with E-state index in [1.54, 1.807) is 35.1 Å². The lowest BCUT2D eigenvalue weighted by Crippen LogP contribution is -2.29. The second-order valence-electron chi connectivity index (χ2n) is 6.22. The quantitative estimate of drug-likeness (QED) is 0.688. The highest BCUT2D eigenvalue weighted by Crippen LogP contribution is 2.40. The fraction of sp³-hybridized carbons (Fsp3) is 0.211. The molecule has 0 spiro atoms. The molecule has 0 radical (unpaired) electrons. The number of hydrogen-bond donors (Lipinski definition) is 0. The predicted molar refractivity (Wildman–Crippen MR) is 99.4 cm³/mol. The summed E-state index contributed by atoms with van der Waals surface area (Å²) in [6, 6.07) is 11.0. The number of carbonyl (C=O) groups excluding carboxylic acids is 1. The van der Waals surface area contributed by atoms with Crippen LogP contribution in [-0.4, -0.2) is 39.4 Å². The Hall–Kier alpha value is -3.06. The van der Waals surface area contributed by atoms with Crippen LogP contribution in [-0.2, 0) is 0 Å². The van der Waals surface area contributed by atoms with Crippen LogP contribution in [0.15, 0.2) is 49.1 Å². The molecule has 0 bridgehead atoms. The zero-order chi connectivity index (χ0) is 19.0. The number of amides is 1. The van der Waals surface area contributed by atoms with Crippen molar-refractivity contribution in [3.8, 4) is 17.2 Å². The summed E-state index contributed by atoms with van der Waals surface area (Å²) in [5, 5.41) is 4.47. The van der Waals surface area contributed by atoms with Gasteiger partial charge in [0.1, 0.15) is 12.7 Å². The standard InChI is InChI=1S/C19H17ClN4O3/c1-12(13-3-5-15(6-4-13)24-10-21-9-22-24)23(2)19(25)14-7-16(20)18-17(8-14)26-11-27-18/h3-10,12H,11H2,1-2H3/t12-/m1/s1. The van der Waals surface area contributed by atoms with E-state index in [0.29, 0.717) is 22.1 Å². The molecule has 1 aliphatic rings. The summed E-state index contributed by atoms with van der Waals surface area (Å²) in [5.41, 5.74) is 2.36. The lowest BCUT2D eigenvalue weighted by molar-refractivity contribution is 0.0742. The van der Waals surface area contributed by atoms with Crippen molar-refractivity contribution in [3.63, 3.8) is 0 Å². The first kappa shape index (κ1) is 17.4. The predicted octanol–water partition coefficient (Wildman–Crippen LogP) is 3.48. The van der Waals surface area contributed by atoms with Crippen LogP contribution in [0.5, 0.6) is 11.5 Å². The van der Waals surface area contributed by atoms with Crippen LogP contribution in [0.4, 0.5) is 0 Å². The molecule has 2 heterocycles. The number of carbonyl (C=O) groups is 1. The van der Waals surface area contributed by atoms with Crippen molar-refractivity contribution in [2.24, 2.45) is 0 Å². The van der Waals surface area contributed by atoms with E-state index < -0.39 is 0 Å². The van der Waals surface area contributed by atoms with Gasteiger partial charge in [-0.2, -0.15) is 5.10 Å². The molecule has 0 saturated heterocycles. The first-order valence-electron chi connectivity index (χ1n) is 8.36. The molecule has 1 aromatic heterocycles. The summed E-state index contributed by atoms with van der Waals surface area (Å²) in [5.74, 6) is 0.819. The Morgan fingerprint density at radius 2 is 2.04 bits per heavy atom. The molecular weight excluding hydrogens is 368 g/mol. The summed E-state index contributed by atoms with van der Waals surface area (Å²) in [4.78, 5) is 18.5. The van der Waals surface area contributed by atoms with Gasteiger partial charge in [-0.25, -0.2) is 9.67 Å². The molecular formula is C19H17ClN4O3. The number of ether oxygens (including phenoxy) is 2. The van der Waals surface area contributed by atoms with Crippen LogP contribution in [0.3, 0.4) is 0 Å². The van der Waals surface area contributed by atoms with Crippen molar-refractivity contribution in [2.75, 3.05) is 13.8 Å². The molecule has 0 fully saturated rings. The molecule has 0 unspecified atom stereocenters. The smallest absolute Gasteiger partial charge is 0.254 e. The third-order valence-corrected chi connectivity index (χ3v) is 4.91. The molecule has 8 heteroatoms. The minimum absolute atomic E-state index is 0.108. The van der Waals surface area contributed by atoms with E-state index in [1.807, 2.05) is 31.2 Å². The van der Waals surface area contributed by atoms with E-state index in [2.05, 4.69) is 10.1 Å². The number of benzene rings is 2. The molecule has 7 nitrogen and oxygen atoms in total. The van der Waals surface area contributed by atoms with E-state index in [0.717, 1.165) is 11.3 Å². The normalized spacial score (nSPS) is 13.4. The fourth-order valence-corrected chi connectivity index (χ4v) is 3.21. The second kappa shape index (κ2) is 6.92. The van der Waals surface area contributed by atoms with E-state index in [-0.39, 0.29) is 18.7 Å². The molecule has 138 valence electrons. The second-order valence-corrected chi connectivity index (χ2v) is 6.62. The van der Waals surface area contributed by atoms with E-state index in [4.69, 9.17) is 21.1 Å². The van der Waals surface area contributed by atoms with Gasteiger partial charge in [0.05, 0.1) is 16.8 Å². The number of hydrogen-bond acceptors (Lipinski definition) is 5. The maximum Gasteiger partial charge on any atom is 0.254 e. The van der Waals surface area contributed by atoms with Gasteiger partial charge in [0.2, 0.25) is 6.79 Å². The van der Waals surface area contributed by atoms with Crippen LogP contribution in [0, 0.1) is 0 Å². The summed E-state index contributed by atoms with van der Waals surface area (Å²) in [6.45, 7) is 2.08. The maximum absolute atomic E-state index is 12.9. The summed E-state index contributed by atoms with van der Waals surface area (Å²) in [7, 11) is 1.76. The topological polar surface area (TPSA) is 69.5 Å². The van der Waals surface area contributed by atoms with E-state index >= 15 is 0 Å². The van der Waals surface area contributed by atoms with Crippen LogP contribution < -0.4 is 9.47 Å². The van der Waals surface area contributed by atoms with Gasteiger partial charge in [0.15, 0.2) is 11.5 Å². The Labute approximate surface area is 161 Å². The summed E-state index contributed by atoms with van der Waals surface area (Å²) < 4.78 is 12.3. The van der Waals surface area contributed by atoms with Crippen LogP contribution in [0.25, 0.3) is 5.69 Å². The van der Waals surface area contributed by atoms with E-state index in [1.165, 1.54) is 6.33 Å². The van der Waals surface area contributed by atoms with Gasteiger partial charge in [-0.1, -0.05) is 23.7 Å². The third kappa shape index (κ3) is 3.21. The molecule has 0 N–H and O–H groups in total. The molecule has 2 aromatic carbocycles. The van der Waals surface area contributed by atoms with Crippen molar-refractivity contribution in [1.29, 1.82) is 0 Å². The molecule has 4 rings (SSSR count). The summed E-state index contributed by atoms with van der Waals surface area (Å²) >= 11 is 6.20. The Balaban J connectivity index is 1.54. The minimum Gasteiger partial charge on any atom is -0.454 e. The largest absolute Gasteiger partial charge is 0.454 e. The van der Waals surface area contributed by atoms with Gasteiger partial charge in [0, 0.05) is 12.6 Å². The average molecular weight is 385 g/mol. The number of rotatable bonds is 4. The first-order chi connectivity index (χ1) is 13.0. The highest BCUT2D eigenvalue weighted by molar-refractivity contribution is 6.32. The van der Waals surface area contributed by atoms with Crippen molar-refractivity contribution < 1.29 is 14.3 Å². The molecule has 1 amide bonds. The third-order valence-electron chi connectivity index (χ3n) is 4.63. The Bertz CT molecular complexity index is 973. The van der Waals surface area contributed by atoms with Gasteiger partial charge < -0.3 is 14.4 Å². The van der Waals surface area contributed by atoms with Gasteiger partial charge >= 0.3 is 0 Å². The molecule has 0 aliphatic carbocycles. The zero-order valence-corrected chi connectivity index (χ0v) is 15.6. The SMILES string of the molecule is C[C@H](c1ccc(-n2cncn2)cc1)N(C)C(=O)c1cc(Cl)c2c(c1)OCO2. The minimum atomic E-state index is -0.150. The van der Waals surface area contributed by atoms with Gasteiger partial charge in [0.25, 0.3) is 5.91 Å². The van der Waals surface area contributed by atoms with Crippen molar-refractivity contribution in [3.05, 3.63) is 65.2 Å². The Morgan fingerprint density at radius 1 is 1.26 bits per heavy atom. The van der Waals surface area contributed by atoms with Gasteiger partial charge in [-0.3, -0.25) is 4.79 Å². The monoisotopic (exact) mass is 384 g/mol. The van der Waals surface area contributed by atoms with Crippen LogP contribution in [0.1, 0.15) is 28.9 Å². The molecule has 3 aromatic rings. The van der Waals surface area contributed by atoms with Crippen LogP contribution >= 0.6 is 11.6 Å². The number of aromatic nitrogens is 3. The average Bonchev–Trinajstić information content (AvgIpc) is 3.38. The molecule has 0 saturated carbocycles. The van der Waals surface area contributed by atoms with Crippen molar-refractivity contribution in [2.45, 2.75) is 13.0 Å². The number of nitrogens with zero attached hydrogens (tertiary/aromatic N) is 4. The summed E-state index contributed by atoms with van der Waals surface area (Å²) in [6.07, 6.45) is 3.12. The van der Waals surface area contributed by atoms with Crippen molar-refractivity contribution >= 4 is 17.5 Å². The van der Waals surface area contributed by atoms with Gasteiger partial charge in [-0.15, -0.1) is 0 Å². The highest BCUT2D eigenvalue weighted by atomic mass is 35.5. The van der Waals surface area contributed by atoms with Gasteiger partial charge in [-0.05, 0) is 36.8 Å². The number of fused-ring (bicyclic) bond motifs is 1. The molecule has 27 heavy (non-hydrogen) atoms. The number of halogens is 1. The van der Waals surface area contributed by atoms with Crippen LogP contribution in [0.2, 0.25) is 5.02 Å². The fourth-order valence-electron chi connectivity index (χ4n) is 2.94. The highest BCUT2D eigenvalue weighted by Gasteiger charge is 2.24. The Kier molecular flexibility index (Phi) is 4.45. The molecule has 1 aliphatic heterocycles. The lowest BCUT2D eigenvalue weighted by Gasteiger charge is -2.26. The maximum atomic E-state index is 12.9. The lowest BCUT2D eigenvalue weighted by atomic mass is 10.1. The molecule has 1 atom stereocenters. The van der Waals surface area contributed by atoms with E-state index in [9.17, 15) is 4.79 Å². The first-order valence-corrected chi connectivity index (χ1v) is 8.73. The zero-order valence-electron chi connectivity index (χ0n) is 14.8. The van der Waals surface area contributed by atoms with Crippen molar-refractivity contribution in [1.82, 2.24) is 19.7 Å². The Morgan fingerprint density at radius 3 is 2.74 bits per heavy atom.